The zero-order valence-electron chi connectivity index (χ0n) is 17.8. The van der Waals surface area contributed by atoms with Crippen molar-refractivity contribution in [1.29, 1.82) is 0 Å². The van der Waals surface area contributed by atoms with Crippen LogP contribution in [0.3, 0.4) is 0 Å². The highest BCUT2D eigenvalue weighted by Crippen LogP contribution is 2.37. The van der Waals surface area contributed by atoms with E-state index in [-0.39, 0.29) is 23.4 Å². The van der Waals surface area contributed by atoms with E-state index in [1.54, 1.807) is 24.3 Å². The molecule has 0 saturated carbocycles. The van der Waals surface area contributed by atoms with Crippen molar-refractivity contribution in [3.05, 3.63) is 65.2 Å². The third kappa shape index (κ3) is 4.59. The highest BCUT2D eigenvalue weighted by Gasteiger charge is 2.39. The number of amides is 2. The SMILES string of the molecule is CC(C)(C)[Si](C)(C)Oc1ccc(COCCN2C(=O)c3ccccc3C2=O)cc1. The monoisotopic (exact) mass is 411 g/mol. The molecule has 1 aliphatic heterocycles. The van der Waals surface area contributed by atoms with Gasteiger partial charge in [-0.15, -0.1) is 0 Å². The third-order valence-electron chi connectivity index (χ3n) is 5.71. The van der Waals surface area contributed by atoms with E-state index in [0.717, 1.165) is 11.3 Å². The molecule has 0 bridgehead atoms. The fourth-order valence-electron chi connectivity index (χ4n) is 2.89. The number of fused-ring (bicyclic) bond motifs is 1. The first-order valence-corrected chi connectivity index (χ1v) is 12.8. The van der Waals surface area contributed by atoms with Gasteiger partial charge >= 0.3 is 0 Å². The minimum atomic E-state index is -1.85. The van der Waals surface area contributed by atoms with Gasteiger partial charge in [-0.1, -0.05) is 45.0 Å². The van der Waals surface area contributed by atoms with Gasteiger partial charge in [-0.05, 0) is 48.0 Å². The van der Waals surface area contributed by atoms with Crippen LogP contribution < -0.4 is 4.43 Å². The Bertz CT molecular complexity index is 865. The molecule has 3 rings (SSSR count). The standard InChI is InChI=1S/C23H29NO4Si/c1-23(2,3)29(4,5)28-18-12-10-17(11-13-18)16-27-15-14-24-21(25)19-8-6-7-9-20(19)22(24)26/h6-13H,14-16H2,1-5H3. The van der Waals surface area contributed by atoms with Crippen LogP contribution in [0.15, 0.2) is 48.5 Å². The first-order chi connectivity index (χ1) is 13.6. The zero-order valence-corrected chi connectivity index (χ0v) is 18.8. The fraction of sp³-hybridized carbons (Fsp3) is 0.391. The lowest BCUT2D eigenvalue weighted by Gasteiger charge is -2.36. The predicted molar refractivity (Wildman–Crippen MR) is 116 cm³/mol. The lowest BCUT2D eigenvalue weighted by molar-refractivity contribution is 0.0545. The quantitative estimate of drug-likeness (QED) is 0.370. The molecule has 2 aromatic rings. The van der Waals surface area contributed by atoms with Gasteiger partial charge in [0.25, 0.3) is 11.8 Å². The molecule has 0 radical (unpaired) electrons. The van der Waals surface area contributed by atoms with Crippen LogP contribution in [0.25, 0.3) is 0 Å². The second kappa shape index (κ2) is 8.12. The molecule has 0 aliphatic carbocycles. The number of nitrogens with zero attached hydrogens (tertiary/aromatic N) is 1. The highest BCUT2D eigenvalue weighted by atomic mass is 28.4. The molecule has 2 amide bonds. The maximum absolute atomic E-state index is 12.3. The summed E-state index contributed by atoms with van der Waals surface area (Å²) in [5.41, 5.74) is 1.96. The fourth-order valence-corrected chi connectivity index (χ4v) is 3.92. The summed E-state index contributed by atoms with van der Waals surface area (Å²) >= 11 is 0. The Morgan fingerprint density at radius 2 is 1.45 bits per heavy atom. The van der Waals surface area contributed by atoms with Crippen molar-refractivity contribution >= 4 is 20.1 Å². The largest absolute Gasteiger partial charge is 0.544 e. The number of imide groups is 1. The molecule has 0 saturated heterocycles. The molecule has 2 aromatic carbocycles. The molecule has 1 aliphatic rings. The maximum Gasteiger partial charge on any atom is 0.261 e. The molecule has 0 unspecified atom stereocenters. The van der Waals surface area contributed by atoms with E-state index in [0.29, 0.717) is 24.3 Å². The molecule has 29 heavy (non-hydrogen) atoms. The Morgan fingerprint density at radius 1 is 0.897 bits per heavy atom. The van der Waals surface area contributed by atoms with Gasteiger partial charge in [-0.25, -0.2) is 0 Å². The zero-order chi connectivity index (χ0) is 21.2. The summed E-state index contributed by atoms with van der Waals surface area (Å²) in [4.78, 5) is 25.9. The topological polar surface area (TPSA) is 55.8 Å². The van der Waals surface area contributed by atoms with E-state index in [2.05, 4.69) is 33.9 Å². The van der Waals surface area contributed by atoms with Gasteiger partial charge in [0.05, 0.1) is 30.9 Å². The minimum absolute atomic E-state index is 0.152. The number of carbonyl (C=O) groups is 2. The first kappa shape index (κ1) is 21.3. The first-order valence-electron chi connectivity index (χ1n) is 9.91. The van der Waals surface area contributed by atoms with Crippen molar-refractivity contribution in [2.45, 2.75) is 45.5 Å². The Morgan fingerprint density at radius 3 is 1.97 bits per heavy atom. The second-order valence-electron chi connectivity index (χ2n) is 8.87. The van der Waals surface area contributed by atoms with Gasteiger partial charge in [-0.3, -0.25) is 14.5 Å². The smallest absolute Gasteiger partial charge is 0.261 e. The van der Waals surface area contributed by atoms with Gasteiger partial charge < -0.3 is 9.16 Å². The molecule has 0 atom stereocenters. The van der Waals surface area contributed by atoms with Crippen LogP contribution in [0.5, 0.6) is 5.75 Å². The van der Waals surface area contributed by atoms with E-state index in [1.165, 1.54) is 4.90 Å². The second-order valence-corrected chi connectivity index (χ2v) is 13.6. The number of rotatable bonds is 7. The summed E-state index contributed by atoms with van der Waals surface area (Å²) in [6.07, 6.45) is 0. The molecule has 0 spiro atoms. The van der Waals surface area contributed by atoms with E-state index >= 15 is 0 Å². The summed E-state index contributed by atoms with van der Waals surface area (Å²) in [5, 5.41) is 0.152. The van der Waals surface area contributed by atoms with Crippen LogP contribution in [0.1, 0.15) is 47.1 Å². The minimum Gasteiger partial charge on any atom is -0.544 e. The van der Waals surface area contributed by atoms with E-state index in [9.17, 15) is 9.59 Å². The van der Waals surface area contributed by atoms with Crippen molar-refractivity contribution in [3.63, 3.8) is 0 Å². The molecule has 6 heteroatoms. The van der Waals surface area contributed by atoms with E-state index in [1.807, 2.05) is 24.3 Å². The normalized spacial score (nSPS) is 14.3. The van der Waals surface area contributed by atoms with Crippen molar-refractivity contribution in [2.75, 3.05) is 13.2 Å². The Labute approximate surface area is 173 Å². The van der Waals surface area contributed by atoms with Crippen molar-refractivity contribution < 1.29 is 18.8 Å². The number of hydrogen-bond donors (Lipinski definition) is 0. The molecule has 154 valence electrons. The Kier molecular flexibility index (Phi) is 5.96. The molecular weight excluding hydrogens is 382 g/mol. The van der Waals surface area contributed by atoms with E-state index in [4.69, 9.17) is 9.16 Å². The Balaban J connectivity index is 1.48. The average Bonchev–Trinajstić information content (AvgIpc) is 2.90. The van der Waals surface area contributed by atoms with Gasteiger partial charge in [0.2, 0.25) is 8.32 Å². The summed E-state index contributed by atoms with van der Waals surface area (Å²) in [6, 6.07) is 14.8. The summed E-state index contributed by atoms with van der Waals surface area (Å²) in [7, 11) is -1.85. The van der Waals surface area contributed by atoms with E-state index < -0.39 is 8.32 Å². The van der Waals surface area contributed by atoms with Gasteiger partial charge in [0, 0.05) is 0 Å². The molecule has 5 nitrogen and oxygen atoms in total. The van der Waals surface area contributed by atoms with Crippen LogP contribution in [-0.4, -0.2) is 38.2 Å². The molecule has 1 heterocycles. The van der Waals surface area contributed by atoms with Crippen molar-refractivity contribution in [3.8, 4) is 5.75 Å². The molecule has 0 N–H and O–H groups in total. The van der Waals surface area contributed by atoms with Crippen LogP contribution in [-0.2, 0) is 11.3 Å². The van der Waals surface area contributed by atoms with Crippen LogP contribution in [0, 0.1) is 0 Å². The summed E-state index contributed by atoms with van der Waals surface area (Å²) < 4.78 is 12.0. The van der Waals surface area contributed by atoms with Gasteiger partial charge in [0.15, 0.2) is 0 Å². The van der Waals surface area contributed by atoms with Crippen LogP contribution in [0.4, 0.5) is 0 Å². The van der Waals surface area contributed by atoms with Crippen LogP contribution in [0.2, 0.25) is 18.1 Å². The summed E-state index contributed by atoms with van der Waals surface area (Å²) in [6.45, 7) is 12.1. The lowest BCUT2D eigenvalue weighted by atomic mass is 10.1. The number of hydrogen-bond acceptors (Lipinski definition) is 4. The Hall–Kier alpha value is -2.44. The molecule has 0 fully saturated rings. The highest BCUT2D eigenvalue weighted by molar-refractivity contribution is 6.74. The summed E-state index contributed by atoms with van der Waals surface area (Å²) in [5.74, 6) is 0.383. The van der Waals surface area contributed by atoms with Gasteiger partial charge in [0.1, 0.15) is 5.75 Å². The number of ether oxygens (including phenoxy) is 1. The van der Waals surface area contributed by atoms with Crippen LogP contribution >= 0.6 is 0 Å². The third-order valence-corrected chi connectivity index (χ3v) is 10.1. The maximum atomic E-state index is 12.3. The van der Waals surface area contributed by atoms with Gasteiger partial charge in [-0.2, -0.15) is 0 Å². The number of benzene rings is 2. The predicted octanol–water partition coefficient (Wildman–Crippen LogP) is 4.88. The average molecular weight is 412 g/mol. The molecule has 0 aromatic heterocycles. The van der Waals surface area contributed by atoms with Crippen molar-refractivity contribution in [2.24, 2.45) is 0 Å². The number of carbonyl (C=O) groups excluding carboxylic acids is 2. The van der Waals surface area contributed by atoms with Crippen molar-refractivity contribution in [1.82, 2.24) is 4.90 Å². The molecular formula is C23H29NO4Si. The lowest BCUT2D eigenvalue weighted by Crippen LogP contribution is -2.43.